The molecule has 0 fully saturated rings. The number of aromatic nitrogens is 3. The molecule has 2 aromatic heterocycles. The second-order valence-electron chi connectivity index (χ2n) is 4.23. The summed E-state index contributed by atoms with van der Waals surface area (Å²) >= 11 is 3.32. The van der Waals surface area contributed by atoms with Crippen molar-refractivity contribution in [3.05, 3.63) is 53.0 Å². The number of nitrogens with two attached hydrogens (primary N) is 1. The molecule has 2 heterocycles. The van der Waals surface area contributed by atoms with E-state index in [4.69, 9.17) is 15.0 Å². The molecule has 0 unspecified atom stereocenters. The van der Waals surface area contributed by atoms with Crippen molar-refractivity contribution in [2.24, 2.45) is 0 Å². The van der Waals surface area contributed by atoms with Crippen LogP contribution in [0.5, 0.6) is 5.75 Å². The fourth-order valence-electron chi connectivity index (χ4n) is 1.63. The number of nitrogens with zero attached hydrogens (tertiary/aromatic N) is 3. The normalized spacial score (nSPS) is 10.5. The fourth-order valence-corrected chi connectivity index (χ4v) is 1.87. The molecular weight excluding hydrogens is 336 g/mol. The first-order valence-electron chi connectivity index (χ1n) is 6.13. The Morgan fingerprint density at radius 3 is 2.67 bits per heavy atom. The third-order valence-electron chi connectivity index (χ3n) is 2.67. The van der Waals surface area contributed by atoms with Gasteiger partial charge in [0.15, 0.2) is 6.61 Å². The van der Waals surface area contributed by atoms with E-state index in [1.807, 2.05) is 6.07 Å². The summed E-state index contributed by atoms with van der Waals surface area (Å²) in [6.07, 6.45) is 1.68. The summed E-state index contributed by atoms with van der Waals surface area (Å²) in [5.74, 6) is 1.50. The van der Waals surface area contributed by atoms with Gasteiger partial charge in [-0.15, -0.1) is 0 Å². The Morgan fingerprint density at radius 1 is 1.14 bits per heavy atom. The largest absolute Gasteiger partial charge is 0.484 e. The van der Waals surface area contributed by atoms with Crippen LogP contribution < -0.4 is 10.5 Å². The number of rotatable bonds is 4. The standard InChI is InChI=1S/C14H11BrN4O2/c15-9-1-6-12(17-7-9)14-18-13(21-19-14)8-20-11-4-2-10(16)3-5-11/h1-7H,8,16H2. The molecule has 0 spiro atoms. The van der Waals surface area contributed by atoms with E-state index in [0.717, 1.165) is 4.47 Å². The van der Waals surface area contributed by atoms with E-state index < -0.39 is 0 Å². The van der Waals surface area contributed by atoms with E-state index in [1.54, 1.807) is 36.5 Å². The summed E-state index contributed by atoms with van der Waals surface area (Å²) in [4.78, 5) is 8.44. The van der Waals surface area contributed by atoms with Crippen LogP contribution in [0.4, 0.5) is 5.69 Å². The van der Waals surface area contributed by atoms with Gasteiger partial charge in [0.1, 0.15) is 11.4 Å². The molecule has 6 nitrogen and oxygen atoms in total. The molecule has 0 saturated heterocycles. The minimum absolute atomic E-state index is 0.188. The van der Waals surface area contributed by atoms with Gasteiger partial charge in [0, 0.05) is 16.4 Å². The Morgan fingerprint density at radius 2 is 1.95 bits per heavy atom. The van der Waals surface area contributed by atoms with Gasteiger partial charge in [0.2, 0.25) is 5.82 Å². The van der Waals surface area contributed by atoms with Crippen molar-refractivity contribution in [1.29, 1.82) is 0 Å². The van der Waals surface area contributed by atoms with Crippen LogP contribution in [0.2, 0.25) is 0 Å². The molecule has 0 bridgehead atoms. The van der Waals surface area contributed by atoms with E-state index >= 15 is 0 Å². The summed E-state index contributed by atoms with van der Waals surface area (Å²) in [7, 11) is 0. The lowest BCUT2D eigenvalue weighted by Gasteiger charge is -2.02. The van der Waals surface area contributed by atoms with E-state index in [9.17, 15) is 0 Å². The predicted octanol–water partition coefficient (Wildman–Crippen LogP) is 3.06. The Labute approximate surface area is 129 Å². The maximum absolute atomic E-state index is 5.61. The minimum Gasteiger partial charge on any atom is -0.484 e. The number of anilines is 1. The minimum atomic E-state index is 0.188. The quantitative estimate of drug-likeness (QED) is 0.730. The van der Waals surface area contributed by atoms with Crippen molar-refractivity contribution in [3.63, 3.8) is 0 Å². The third kappa shape index (κ3) is 3.38. The Balaban J connectivity index is 1.67. The second kappa shape index (κ2) is 5.92. The van der Waals surface area contributed by atoms with Crippen LogP contribution in [-0.2, 0) is 6.61 Å². The Kier molecular flexibility index (Phi) is 3.83. The molecular formula is C14H11BrN4O2. The molecule has 1 aromatic carbocycles. The molecule has 3 aromatic rings. The molecule has 2 N–H and O–H groups in total. The summed E-state index contributed by atoms with van der Waals surface area (Å²) in [5.41, 5.74) is 6.93. The van der Waals surface area contributed by atoms with E-state index in [1.165, 1.54) is 0 Å². The summed E-state index contributed by atoms with van der Waals surface area (Å²) in [6.45, 7) is 0.188. The molecule has 106 valence electrons. The van der Waals surface area contributed by atoms with Crippen LogP contribution in [0.25, 0.3) is 11.5 Å². The van der Waals surface area contributed by atoms with Gasteiger partial charge in [-0.05, 0) is 52.3 Å². The second-order valence-corrected chi connectivity index (χ2v) is 5.15. The first-order valence-corrected chi connectivity index (χ1v) is 6.93. The molecule has 21 heavy (non-hydrogen) atoms. The molecule has 0 radical (unpaired) electrons. The maximum atomic E-state index is 5.61. The van der Waals surface area contributed by atoms with Crippen LogP contribution in [0.15, 0.2) is 51.6 Å². The molecule has 0 aliphatic carbocycles. The van der Waals surface area contributed by atoms with Crippen molar-refractivity contribution < 1.29 is 9.26 Å². The van der Waals surface area contributed by atoms with Crippen LogP contribution in [-0.4, -0.2) is 15.1 Å². The van der Waals surface area contributed by atoms with Crippen LogP contribution in [0.3, 0.4) is 0 Å². The van der Waals surface area contributed by atoms with E-state index in [0.29, 0.717) is 28.8 Å². The van der Waals surface area contributed by atoms with Gasteiger partial charge in [0.05, 0.1) is 0 Å². The van der Waals surface area contributed by atoms with Gasteiger partial charge in [-0.2, -0.15) is 4.98 Å². The lowest BCUT2D eigenvalue weighted by Crippen LogP contribution is -1.96. The van der Waals surface area contributed by atoms with E-state index in [-0.39, 0.29) is 6.61 Å². The monoisotopic (exact) mass is 346 g/mol. The number of halogens is 1. The molecule has 0 amide bonds. The van der Waals surface area contributed by atoms with Crippen molar-refractivity contribution in [2.75, 3.05) is 5.73 Å². The van der Waals surface area contributed by atoms with Gasteiger partial charge in [-0.1, -0.05) is 5.16 Å². The van der Waals surface area contributed by atoms with Gasteiger partial charge < -0.3 is 15.0 Å². The molecule has 0 saturated carbocycles. The van der Waals surface area contributed by atoms with Crippen LogP contribution in [0, 0.1) is 0 Å². The van der Waals surface area contributed by atoms with E-state index in [2.05, 4.69) is 31.1 Å². The average molecular weight is 347 g/mol. The fraction of sp³-hybridized carbons (Fsp3) is 0.0714. The highest BCUT2D eigenvalue weighted by Crippen LogP contribution is 2.18. The number of hydrogen-bond donors (Lipinski definition) is 1. The third-order valence-corrected chi connectivity index (χ3v) is 3.14. The molecule has 0 aliphatic rings. The lowest BCUT2D eigenvalue weighted by molar-refractivity contribution is 0.243. The molecule has 3 rings (SSSR count). The zero-order chi connectivity index (χ0) is 14.7. The van der Waals surface area contributed by atoms with Crippen molar-refractivity contribution in [1.82, 2.24) is 15.1 Å². The highest BCUT2D eigenvalue weighted by Gasteiger charge is 2.10. The van der Waals surface area contributed by atoms with Crippen molar-refractivity contribution in [2.45, 2.75) is 6.61 Å². The zero-order valence-corrected chi connectivity index (χ0v) is 12.4. The number of nitrogen functional groups attached to an aromatic ring is 1. The predicted molar refractivity (Wildman–Crippen MR) is 80.4 cm³/mol. The van der Waals surface area contributed by atoms with Crippen molar-refractivity contribution >= 4 is 21.6 Å². The topological polar surface area (TPSA) is 87.1 Å². The highest BCUT2D eigenvalue weighted by molar-refractivity contribution is 9.10. The first kappa shape index (κ1) is 13.6. The van der Waals surface area contributed by atoms with Gasteiger partial charge in [-0.3, -0.25) is 4.98 Å². The molecule has 0 atom stereocenters. The summed E-state index contributed by atoms with van der Waals surface area (Å²) in [6, 6.07) is 10.8. The summed E-state index contributed by atoms with van der Waals surface area (Å²) in [5, 5.41) is 3.88. The van der Waals surface area contributed by atoms with Gasteiger partial charge in [0.25, 0.3) is 5.89 Å². The number of benzene rings is 1. The number of ether oxygens (including phenoxy) is 1. The van der Waals surface area contributed by atoms with Crippen LogP contribution in [0.1, 0.15) is 5.89 Å². The maximum Gasteiger partial charge on any atom is 0.264 e. The van der Waals surface area contributed by atoms with Crippen molar-refractivity contribution in [3.8, 4) is 17.3 Å². The highest BCUT2D eigenvalue weighted by atomic mass is 79.9. The zero-order valence-electron chi connectivity index (χ0n) is 10.9. The van der Waals surface area contributed by atoms with Gasteiger partial charge in [-0.25, -0.2) is 0 Å². The Hall–Kier alpha value is -2.41. The average Bonchev–Trinajstić information content (AvgIpc) is 2.96. The van der Waals surface area contributed by atoms with Crippen LogP contribution >= 0.6 is 15.9 Å². The Bertz CT molecular complexity index is 725. The first-order chi connectivity index (χ1) is 10.2. The molecule has 0 aliphatic heterocycles. The lowest BCUT2D eigenvalue weighted by atomic mass is 10.3. The number of pyridine rings is 1. The number of hydrogen-bond acceptors (Lipinski definition) is 6. The molecule has 7 heteroatoms. The smallest absolute Gasteiger partial charge is 0.264 e. The summed E-state index contributed by atoms with van der Waals surface area (Å²) < 4.78 is 11.6. The SMILES string of the molecule is Nc1ccc(OCc2nc(-c3ccc(Br)cn3)no2)cc1. The van der Waals surface area contributed by atoms with Gasteiger partial charge >= 0.3 is 0 Å².